The van der Waals surface area contributed by atoms with Gasteiger partial charge in [0.2, 0.25) is 0 Å². The van der Waals surface area contributed by atoms with E-state index >= 15 is 0 Å². The molecule has 0 aliphatic heterocycles. The van der Waals surface area contributed by atoms with Gasteiger partial charge in [0.15, 0.2) is 0 Å². The van der Waals surface area contributed by atoms with Crippen LogP contribution >= 0.6 is 22.7 Å². The monoisotopic (exact) mass is 246 g/mol. The summed E-state index contributed by atoms with van der Waals surface area (Å²) >= 11 is 3.64. The minimum Gasteiger partial charge on any atom is -0.141 e. The molecule has 2 heterocycles. The molecule has 0 atom stereocenters. The van der Waals surface area contributed by atoms with Gasteiger partial charge in [-0.05, 0) is 50.3 Å². The van der Waals surface area contributed by atoms with Crippen molar-refractivity contribution in [3.63, 3.8) is 0 Å². The summed E-state index contributed by atoms with van der Waals surface area (Å²) in [6, 6.07) is 8.60. The van der Waals surface area contributed by atoms with Gasteiger partial charge in [0, 0.05) is 19.5 Å². The average Bonchev–Trinajstić information content (AvgIpc) is 2.83. The lowest BCUT2D eigenvalue weighted by Crippen LogP contribution is -1.56. The van der Waals surface area contributed by atoms with Crippen LogP contribution in [0.4, 0.5) is 0 Å². The van der Waals surface area contributed by atoms with E-state index in [0.29, 0.717) is 0 Å². The van der Waals surface area contributed by atoms with Crippen LogP contribution in [-0.2, 0) is 0 Å². The number of hydrogen-bond donors (Lipinski definition) is 0. The smallest absolute Gasteiger partial charge is 0.0273 e. The van der Waals surface area contributed by atoms with Crippen LogP contribution < -0.4 is 0 Å². The molecule has 16 heavy (non-hydrogen) atoms. The van der Waals surface area contributed by atoms with Crippen LogP contribution in [0.15, 0.2) is 36.4 Å². The van der Waals surface area contributed by atoms with Gasteiger partial charge in [0.05, 0.1) is 0 Å². The Morgan fingerprint density at radius 3 is 1.50 bits per heavy atom. The quantitative estimate of drug-likeness (QED) is 0.657. The molecular formula is C14H14S2. The summed E-state index contributed by atoms with van der Waals surface area (Å²) < 4.78 is 0. The molecule has 0 N–H and O–H groups in total. The van der Waals surface area contributed by atoms with E-state index in [2.05, 4.69) is 62.4 Å². The second-order valence-corrected chi connectivity index (χ2v) is 6.25. The van der Waals surface area contributed by atoms with Gasteiger partial charge >= 0.3 is 0 Å². The van der Waals surface area contributed by atoms with Gasteiger partial charge in [-0.1, -0.05) is 12.2 Å². The molecule has 82 valence electrons. The molecule has 2 heteroatoms. The molecule has 0 amide bonds. The van der Waals surface area contributed by atoms with Crippen LogP contribution in [0.3, 0.4) is 0 Å². The fourth-order valence-electron chi connectivity index (χ4n) is 1.39. The van der Waals surface area contributed by atoms with Gasteiger partial charge in [-0.25, -0.2) is 0 Å². The van der Waals surface area contributed by atoms with Crippen molar-refractivity contribution in [1.29, 1.82) is 0 Å². The minimum atomic E-state index is 1.31. The number of aryl methyl sites for hydroxylation is 2. The molecule has 2 aromatic rings. The third-order valence-corrected chi connectivity index (χ3v) is 4.09. The van der Waals surface area contributed by atoms with E-state index in [1.807, 2.05) is 22.7 Å². The van der Waals surface area contributed by atoms with E-state index in [4.69, 9.17) is 0 Å². The molecule has 0 aromatic carbocycles. The van der Waals surface area contributed by atoms with E-state index in [1.54, 1.807) is 0 Å². The van der Waals surface area contributed by atoms with Crippen molar-refractivity contribution in [2.24, 2.45) is 0 Å². The van der Waals surface area contributed by atoms with Gasteiger partial charge in [-0.3, -0.25) is 0 Å². The van der Waals surface area contributed by atoms with Gasteiger partial charge < -0.3 is 0 Å². The predicted molar refractivity (Wildman–Crippen MR) is 76.2 cm³/mol. The molecule has 0 aliphatic carbocycles. The van der Waals surface area contributed by atoms with Crippen LogP contribution in [0, 0.1) is 13.8 Å². The fraction of sp³-hybridized carbons (Fsp3) is 0.143. The first-order valence-corrected chi connectivity index (χ1v) is 6.85. The lowest BCUT2D eigenvalue weighted by atomic mass is 10.3. The van der Waals surface area contributed by atoms with Crippen molar-refractivity contribution >= 4 is 34.8 Å². The molecule has 0 saturated heterocycles. The van der Waals surface area contributed by atoms with Crippen molar-refractivity contribution < 1.29 is 0 Å². The Morgan fingerprint density at radius 1 is 0.750 bits per heavy atom. The largest absolute Gasteiger partial charge is 0.141 e. The minimum absolute atomic E-state index is 1.31. The van der Waals surface area contributed by atoms with Crippen LogP contribution in [-0.4, -0.2) is 0 Å². The van der Waals surface area contributed by atoms with Gasteiger partial charge in [0.1, 0.15) is 0 Å². The molecule has 0 aliphatic rings. The molecule has 2 aromatic heterocycles. The number of hydrogen-bond acceptors (Lipinski definition) is 2. The van der Waals surface area contributed by atoms with E-state index < -0.39 is 0 Å². The first-order valence-electron chi connectivity index (χ1n) is 5.22. The van der Waals surface area contributed by atoms with Crippen LogP contribution in [0.1, 0.15) is 19.5 Å². The Bertz CT molecular complexity index is 464. The maximum absolute atomic E-state index is 2.15. The molecule has 0 spiro atoms. The highest BCUT2D eigenvalue weighted by molar-refractivity contribution is 7.13. The predicted octanol–water partition coefficient (Wildman–Crippen LogP) is 5.15. The SMILES string of the molecule is Cc1ccc(C=CC=Cc2ccc(C)s2)s1. The Labute approximate surface area is 105 Å². The van der Waals surface area contributed by atoms with Crippen molar-refractivity contribution in [1.82, 2.24) is 0 Å². The van der Waals surface area contributed by atoms with E-state index in [1.165, 1.54) is 19.5 Å². The van der Waals surface area contributed by atoms with Crippen molar-refractivity contribution in [3.8, 4) is 0 Å². The number of allylic oxidation sites excluding steroid dienone is 2. The molecule has 0 fully saturated rings. The normalized spacial score (nSPS) is 11.9. The molecular weight excluding hydrogens is 232 g/mol. The second kappa shape index (κ2) is 5.28. The molecule has 0 unspecified atom stereocenters. The Morgan fingerprint density at radius 2 is 1.19 bits per heavy atom. The summed E-state index contributed by atoms with van der Waals surface area (Å²) in [5.41, 5.74) is 0. The van der Waals surface area contributed by atoms with Crippen molar-refractivity contribution in [2.75, 3.05) is 0 Å². The van der Waals surface area contributed by atoms with Crippen molar-refractivity contribution in [3.05, 3.63) is 55.9 Å². The Hall–Kier alpha value is -1.12. The highest BCUT2D eigenvalue weighted by atomic mass is 32.1. The van der Waals surface area contributed by atoms with E-state index in [9.17, 15) is 0 Å². The topological polar surface area (TPSA) is 0 Å². The first kappa shape index (κ1) is 11.4. The lowest BCUT2D eigenvalue weighted by molar-refractivity contribution is 1.64. The first-order chi connectivity index (χ1) is 7.74. The lowest BCUT2D eigenvalue weighted by Gasteiger charge is -1.82. The summed E-state index contributed by atoms with van der Waals surface area (Å²) in [5.74, 6) is 0. The molecule has 0 saturated carbocycles. The number of rotatable bonds is 3. The van der Waals surface area contributed by atoms with Crippen LogP contribution in [0.2, 0.25) is 0 Å². The summed E-state index contributed by atoms with van der Waals surface area (Å²) in [6.07, 6.45) is 8.49. The standard InChI is InChI=1S/C14H14S2/c1-11-7-9-13(15-11)5-3-4-6-14-10-8-12(2)16-14/h3-10H,1-2H3. The third kappa shape index (κ3) is 3.19. The summed E-state index contributed by atoms with van der Waals surface area (Å²) in [5, 5.41) is 0. The summed E-state index contributed by atoms with van der Waals surface area (Å²) in [4.78, 5) is 5.34. The van der Waals surface area contributed by atoms with Crippen LogP contribution in [0.5, 0.6) is 0 Å². The Balaban J connectivity index is 1.96. The Kier molecular flexibility index (Phi) is 3.75. The maximum atomic E-state index is 2.15. The van der Waals surface area contributed by atoms with Gasteiger partial charge in [-0.2, -0.15) is 0 Å². The summed E-state index contributed by atoms with van der Waals surface area (Å²) in [7, 11) is 0. The van der Waals surface area contributed by atoms with Gasteiger partial charge in [0.25, 0.3) is 0 Å². The summed E-state index contributed by atoms with van der Waals surface area (Å²) in [6.45, 7) is 4.26. The van der Waals surface area contributed by atoms with Gasteiger partial charge in [-0.15, -0.1) is 22.7 Å². The molecule has 0 nitrogen and oxygen atoms in total. The molecule has 0 radical (unpaired) electrons. The maximum Gasteiger partial charge on any atom is 0.0273 e. The zero-order chi connectivity index (χ0) is 11.4. The van der Waals surface area contributed by atoms with Crippen LogP contribution in [0.25, 0.3) is 12.2 Å². The fourth-order valence-corrected chi connectivity index (χ4v) is 2.97. The zero-order valence-electron chi connectivity index (χ0n) is 9.44. The van der Waals surface area contributed by atoms with E-state index in [-0.39, 0.29) is 0 Å². The highest BCUT2D eigenvalue weighted by Gasteiger charge is 1.90. The number of thiophene rings is 2. The highest BCUT2D eigenvalue weighted by Crippen LogP contribution is 2.18. The second-order valence-electron chi connectivity index (χ2n) is 3.62. The molecule has 0 bridgehead atoms. The molecule has 2 rings (SSSR count). The average molecular weight is 246 g/mol. The third-order valence-electron chi connectivity index (χ3n) is 2.15. The zero-order valence-corrected chi connectivity index (χ0v) is 11.1. The van der Waals surface area contributed by atoms with Crippen molar-refractivity contribution in [2.45, 2.75) is 13.8 Å². The van der Waals surface area contributed by atoms with E-state index in [0.717, 1.165) is 0 Å².